The fraction of sp³-hybridized carbons (Fsp3) is 0.100. The van der Waals surface area contributed by atoms with Crippen molar-refractivity contribution < 1.29 is 34.6 Å². The molecule has 0 aliphatic rings. The van der Waals surface area contributed by atoms with Gasteiger partial charge in [-0.3, -0.25) is 0 Å². The third kappa shape index (κ3) is 4.10. The van der Waals surface area contributed by atoms with E-state index in [9.17, 15) is 0 Å². The molecule has 7 nitrogen and oxygen atoms in total. The molecule has 0 N–H and O–H groups in total. The first kappa shape index (κ1) is 28.8. The van der Waals surface area contributed by atoms with E-state index in [1.165, 1.54) is 5.56 Å². The van der Waals surface area contributed by atoms with Gasteiger partial charge < -0.3 is 27.5 Å². The van der Waals surface area contributed by atoms with E-state index in [2.05, 4.69) is 86.1 Å². The summed E-state index contributed by atoms with van der Waals surface area (Å²) in [6.45, 7) is 6.62. The van der Waals surface area contributed by atoms with Gasteiger partial charge in [-0.25, -0.2) is 4.98 Å². The van der Waals surface area contributed by atoms with Gasteiger partial charge in [-0.2, -0.15) is 6.07 Å². The minimum absolute atomic E-state index is 0. The molecule has 6 aromatic heterocycles. The topological polar surface area (TPSA) is 70.6 Å². The molecule has 0 unspecified atom stereocenters. The summed E-state index contributed by atoms with van der Waals surface area (Å²) in [6, 6.07) is 34.0. The van der Waals surface area contributed by atoms with Crippen LogP contribution in [0.2, 0.25) is 0 Å². The van der Waals surface area contributed by atoms with Crippen molar-refractivity contribution in [1.29, 1.82) is 0 Å². The van der Waals surface area contributed by atoms with Crippen LogP contribution in [0.5, 0.6) is 11.7 Å². The first-order chi connectivity index (χ1) is 22.9. The van der Waals surface area contributed by atoms with Gasteiger partial charge in [0.1, 0.15) is 22.6 Å². The number of aromatic nitrogens is 4. The van der Waals surface area contributed by atoms with Crippen LogP contribution < -0.4 is 4.74 Å². The molecule has 10 rings (SSSR count). The van der Waals surface area contributed by atoms with Gasteiger partial charge in [0.2, 0.25) is 5.95 Å². The Balaban J connectivity index is 0.00000314. The van der Waals surface area contributed by atoms with E-state index in [0.717, 1.165) is 71.5 Å². The van der Waals surface area contributed by atoms with E-state index in [0.29, 0.717) is 11.3 Å². The third-order valence-electron chi connectivity index (χ3n) is 9.12. The largest absolute Gasteiger partial charge is 2.00 e. The quantitative estimate of drug-likeness (QED) is 0.166. The Morgan fingerprint density at radius 1 is 0.708 bits per heavy atom. The zero-order valence-corrected chi connectivity index (χ0v) is 28.4. The van der Waals surface area contributed by atoms with Crippen molar-refractivity contribution in [3.05, 3.63) is 121 Å². The average molecular weight is 806 g/mol. The summed E-state index contributed by atoms with van der Waals surface area (Å²) >= 11 is 0. The number of ether oxygens (including phenoxy) is 1. The molecule has 48 heavy (non-hydrogen) atoms. The van der Waals surface area contributed by atoms with Crippen molar-refractivity contribution in [3.8, 4) is 17.5 Å². The summed E-state index contributed by atoms with van der Waals surface area (Å²) in [5.74, 6) is 1.47. The fourth-order valence-corrected chi connectivity index (χ4v) is 6.93. The zero-order valence-electron chi connectivity index (χ0n) is 26.1. The average Bonchev–Trinajstić information content (AvgIpc) is 3.71. The third-order valence-corrected chi connectivity index (χ3v) is 9.12. The first-order valence-electron chi connectivity index (χ1n) is 15.6. The van der Waals surface area contributed by atoms with Crippen LogP contribution in [0.3, 0.4) is 0 Å². The maximum atomic E-state index is 6.55. The molecule has 4 aromatic carbocycles. The number of benzene rings is 4. The van der Waals surface area contributed by atoms with Crippen molar-refractivity contribution in [3.63, 3.8) is 0 Å². The summed E-state index contributed by atoms with van der Waals surface area (Å²) in [7, 11) is 0. The monoisotopic (exact) mass is 805 g/mol. The molecule has 0 aliphatic carbocycles. The van der Waals surface area contributed by atoms with E-state index in [1.54, 1.807) is 6.20 Å². The molecule has 234 valence electrons. The van der Waals surface area contributed by atoms with Crippen LogP contribution in [0.1, 0.15) is 26.3 Å². The fourth-order valence-electron chi connectivity index (χ4n) is 6.93. The van der Waals surface area contributed by atoms with Crippen molar-refractivity contribution in [2.45, 2.75) is 26.2 Å². The van der Waals surface area contributed by atoms with Gasteiger partial charge >= 0.3 is 21.1 Å². The van der Waals surface area contributed by atoms with Crippen LogP contribution in [-0.4, -0.2) is 18.9 Å². The second-order valence-electron chi connectivity index (χ2n) is 13.0. The van der Waals surface area contributed by atoms with Gasteiger partial charge in [-0.1, -0.05) is 68.1 Å². The summed E-state index contributed by atoms with van der Waals surface area (Å²) in [5, 5.41) is 6.06. The van der Waals surface area contributed by atoms with Crippen molar-refractivity contribution in [1.82, 2.24) is 18.9 Å². The standard InChI is InChI=1S/C40H26N4O3.Pt/c1-40(2,3)23-17-19-41-34(20-23)44-29-10-5-4-8-25(29)26-14-13-24(21-30(26)44)45-35-22-43-38-27(28-9-7-18-42-39(28)43)15-16-33-37(38)36-31(46-33)11-6-12-32(36)47-35;/h4-20H,1-3H3;/q-2;+2. The van der Waals surface area contributed by atoms with Crippen LogP contribution in [-0.2, 0) is 26.5 Å². The Hall–Kier alpha value is -5.39. The normalized spacial score (nSPS) is 12.3. The molecule has 0 radical (unpaired) electrons. The zero-order chi connectivity index (χ0) is 31.4. The number of pyridine rings is 2. The molecule has 0 spiro atoms. The SMILES string of the molecule is CC(C)(C)c1ccnc(-n2c3[c-]c(Oc4[c-]n5c6ncccc6c6ccc7oc8cccc(o4)c8c7c65)ccc3c3ccccc32)c1.[Pt+2]. The molecule has 0 saturated heterocycles. The van der Waals surface area contributed by atoms with Crippen molar-refractivity contribution >= 4 is 71.3 Å². The Labute approximate surface area is 288 Å². The van der Waals surface area contributed by atoms with Crippen LogP contribution in [0, 0.1) is 12.3 Å². The molecular weight excluding hydrogens is 780 g/mol. The molecule has 0 atom stereocenters. The first-order valence-corrected chi connectivity index (χ1v) is 15.6. The predicted molar refractivity (Wildman–Crippen MR) is 185 cm³/mol. The number of para-hydroxylation sites is 1. The van der Waals surface area contributed by atoms with Gasteiger partial charge in [-0.15, -0.1) is 17.5 Å². The maximum Gasteiger partial charge on any atom is 2.00 e. The second-order valence-corrected chi connectivity index (χ2v) is 13.0. The van der Waals surface area contributed by atoms with Crippen LogP contribution >= 0.6 is 0 Å². The second kappa shape index (κ2) is 10.3. The minimum atomic E-state index is -0.0305. The molecule has 0 saturated carbocycles. The van der Waals surface area contributed by atoms with E-state index < -0.39 is 0 Å². The number of rotatable bonds is 3. The van der Waals surface area contributed by atoms with Gasteiger partial charge in [-0.05, 0) is 75.9 Å². The van der Waals surface area contributed by atoms with Crippen LogP contribution in [0.15, 0.2) is 112 Å². The number of nitrogens with zero attached hydrogens (tertiary/aromatic N) is 4. The van der Waals surface area contributed by atoms with E-state index in [1.807, 2.05) is 53.1 Å². The van der Waals surface area contributed by atoms with E-state index in [4.69, 9.17) is 23.5 Å². The minimum Gasteiger partial charge on any atom is -0.462 e. The number of fused-ring (bicyclic) bond motifs is 6. The molecule has 0 amide bonds. The molecule has 0 fully saturated rings. The predicted octanol–water partition coefficient (Wildman–Crippen LogP) is 10.3. The summed E-state index contributed by atoms with van der Waals surface area (Å²) < 4.78 is 23.4. The van der Waals surface area contributed by atoms with Gasteiger partial charge in [0.15, 0.2) is 0 Å². The summed E-state index contributed by atoms with van der Waals surface area (Å²) in [5.41, 5.74) is 6.89. The number of hydrogen-bond acceptors (Lipinski definition) is 5. The van der Waals surface area contributed by atoms with E-state index >= 15 is 0 Å². The smallest absolute Gasteiger partial charge is 0.462 e. The van der Waals surface area contributed by atoms with E-state index in [-0.39, 0.29) is 32.4 Å². The molecular formula is C40H26N4O3Pt. The molecule has 0 bridgehead atoms. The molecule has 0 aliphatic heterocycles. The van der Waals surface area contributed by atoms with Crippen LogP contribution in [0.4, 0.5) is 0 Å². The number of furan rings is 1. The van der Waals surface area contributed by atoms with Gasteiger partial charge in [0.05, 0.1) is 5.39 Å². The van der Waals surface area contributed by atoms with Crippen LogP contribution in [0.25, 0.3) is 77.1 Å². The Morgan fingerprint density at radius 2 is 1.50 bits per heavy atom. The van der Waals surface area contributed by atoms with Crippen molar-refractivity contribution in [2.24, 2.45) is 0 Å². The Kier molecular flexibility index (Phi) is 6.18. The van der Waals surface area contributed by atoms with Gasteiger partial charge in [0.25, 0.3) is 0 Å². The summed E-state index contributed by atoms with van der Waals surface area (Å²) in [6.07, 6.45) is 7.06. The van der Waals surface area contributed by atoms with Gasteiger partial charge in [0, 0.05) is 34.7 Å². The Bertz CT molecular complexity index is 2880. The Morgan fingerprint density at radius 3 is 2.38 bits per heavy atom. The number of hydrogen-bond donors (Lipinski definition) is 0. The molecule has 6 heterocycles. The van der Waals surface area contributed by atoms with Crippen molar-refractivity contribution in [2.75, 3.05) is 0 Å². The molecule has 10 aromatic rings. The maximum absolute atomic E-state index is 6.55. The summed E-state index contributed by atoms with van der Waals surface area (Å²) in [4.78, 5) is 9.54. The molecule has 8 heteroatoms.